The first-order chi connectivity index (χ1) is 9.62. The van der Waals surface area contributed by atoms with Crippen molar-refractivity contribution in [1.29, 1.82) is 0 Å². The topological polar surface area (TPSA) is 49.4 Å². The second-order valence-electron chi connectivity index (χ2n) is 6.65. The maximum Gasteiger partial charge on any atom is 0.250 e. The molecule has 2 unspecified atom stereocenters. The fourth-order valence-electron chi connectivity index (χ4n) is 2.49. The van der Waals surface area contributed by atoms with Crippen molar-refractivity contribution in [1.82, 2.24) is 5.32 Å². The van der Waals surface area contributed by atoms with Crippen molar-refractivity contribution in [2.45, 2.75) is 46.7 Å². The van der Waals surface area contributed by atoms with Crippen LogP contribution in [-0.4, -0.2) is 23.9 Å². The summed E-state index contributed by atoms with van der Waals surface area (Å²) in [5.41, 5.74) is 0.562. The molecule has 2 atom stereocenters. The van der Waals surface area contributed by atoms with Crippen LogP contribution in [0.5, 0.6) is 0 Å². The van der Waals surface area contributed by atoms with Crippen LogP contribution >= 0.6 is 0 Å². The molecule has 0 radical (unpaired) electrons. The van der Waals surface area contributed by atoms with Gasteiger partial charge in [0, 0.05) is 0 Å². The fourth-order valence-corrected chi connectivity index (χ4v) is 2.49. The summed E-state index contributed by atoms with van der Waals surface area (Å²) in [6.07, 6.45) is 0. The minimum Gasteiger partial charge on any atom is -0.342 e. The summed E-state index contributed by atoms with van der Waals surface area (Å²) in [6, 6.07) is 3.17. The van der Waals surface area contributed by atoms with Crippen molar-refractivity contribution in [2.75, 3.05) is 4.90 Å². The second kappa shape index (κ2) is 5.13. The van der Waals surface area contributed by atoms with E-state index in [9.17, 15) is 14.0 Å². The molecule has 0 saturated carbocycles. The fraction of sp³-hybridized carbons (Fsp3) is 0.500. The van der Waals surface area contributed by atoms with Crippen molar-refractivity contribution in [3.63, 3.8) is 0 Å². The van der Waals surface area contributed by atoms with E-state index >= 15 is 0 Å². The number of anilines is 1. The molecule has 1 heterocycles. The zero-order valence-corrected chi connectivity index (χ0v) is 13.0. The van der Waals surface area contributed by atoms with Gasteiger partial charge in [-0.05, 0) is 37.0 Å². The van der Waals surface area contributed by atoms with Gasteiger partial charge in [0.25, 0.3) is 5.91 Å². The molecule has 1 aromatic carbocycles. The molecule has 114 valence electrons. The van der Waals surface area contributed by atoms with Gasteiger partial charge in [0.2, 0.25) is 5.91 Å². The van der Waals surface area contributed by atoms with Crippen LogP contribution in [0.1, 0.15) is 33.3 Å². The number of hydrogen-bond acceptors (Lipinski definition) is 2. The summed E-state index contributed by atoms with van der Waals surface area (Å²) in [7, 11) is 0. The van der Waals surface area contributed by atoms with Gasteiger partial charge in [-0.15, -0.1) is 0 Å². The molecular formula is C16H21FN2O2. The Kier molecular flexibility index (Phi) is 3.78. The number of nitrogens with one attached hydrogen (secondary N) is 1. The Labute approximate surface area is 124 Å². The number of rotatable bonds is 1. The van der Waals surface area contributed by atoms with Gasteiger partial charge < -0.3 is 5.32 Å². The summed E-state index contributed by atoms with van der Waals surface area (Å²) < 4.78 is 14.1. The molecule has 1 aliphatic heterocycles. The summed E-state index contributed by atoms with van der Waals surface area (Å²) in [5.74, 6) is -1.04. The third-order valence-electron chi connectivity index (χ3n) is 3.76. The molecule has 21 heavy (non-hydrogen) atoms. The Morgan fingerprint density at radius 2 is 1.86 bits per heavy atom. The first-order valence-electron chi connectivity index (χ1n) is 7.02. The van der Waals surface area contributed by atoms with Crippen LogP contribution in [0, 0.1) is 18.2 Å². The van der Waals surface area contributed by atoms with E-state index in [1.807, 2.05) is 27.7 Å². The van der Waals surface area contributed by atoms with Crippen molar-refractivity contribution in [3.8, 4) is 0 Å². The second-order valence-corrected chi connectivity index (χ2v) is 6.65. The van der Waals surface area contributed by atoms with E-state index in [1.165, 1.54) is 11.0 Å². The number of halogens is 1. The van der Waals surface area contributed by atoms with E-state index in [4.69, 9.17) is 0 Å². The number of amides is 2. The van der Waals surface area contributed by atoms with Crippen LogP contribution in [0.15, 0.2) is 18.2 Å². The molecule has 0 bridgehead atoms. The molecule has 1 fully saturated rings. The van der Waals surface area contributed by atoms with Crippen molar-refractivity contribution >= 4 is 17.5 Å². The minimum atomic E-state index is -0.729. The van der Waals surface area contributed by atoms with Crippen molar-refractivity contribution in [3.05, 3.63) is 29.6 Å². The lowest BCUT2D eigenvalue weighted by molar-refractivity contribution is -0.136. The maximum atomic E-state index is 14.1. The van der Waals surface area contributed by atoms with Crippen LogP contribution < -0.4 is 10.2 Å². The summed E-state index contributed by atoms with van der Waals surface area (Å²) in [5, 5.41) is 2.74. The lowest BCUT2D eigenvalue weighted by Crippen LogP contribution is -2.66. The quantitative estimate of drug-likeness (QED) is 0.864. The van der Waals surface area contributed by atoms with Crippen LogP contribution in [0.25, 0.3) is 0 Å². The summed E-state index contributed by atoms with van der Waals surface area (Å²) >= 11 is 0. The van der Waals surface area contributed by atoms with E-state index in [2.05, 4.69) is 5.32 Å². The Bertz CT molecular complexity index is 592. The van der Waals surface area contributed by atoms with E-state index in [1.54, 1.807) is 19.1 Å². The average Bonchev–Trinajstić information content (AvgIpc) is 2.36. The number of hydrogen-bond donors (Lipinski definition) is 1. The lowest BCUT2D eigenvalue weighted by Gasteiger charge is -2.42. The number of carbonyl (C=O) groups excluding carboxylic acids is 2. The molecule has 1 saturated heterocycles. The Balaban J connectivity index is 2.51. The zero-order valence-electron chi connectivity index (χ0n) is 13.0. The Morgan fingerprint density at radius 1 is 1.24 bits per heavy atom. The zero-order chi connectivity index (χ0) is 15.9. The molecule has 4 nitrogen and oxygen atoms in total. The highest BCUT2D eigenvalue weighted by atomic mass is 19.1. The number of nitrogens with zero attached hydrogens (tertiary/aromatic N) is 1. The van der Waals surface area contributed by atoms with Crippen molar-refractivity contribution < 1.29 is 14.0 Å². The highest BCUT2D eigenvalue weighted by molar-refractivity contribution is 6.08. The molecule has 0 aliphatic carbocycles. The van der Waals surface area contributed by atoms with E-state index in [0.717, 1.165) is 5.56 Å². The number of carbonyl (C=O) groups is 2. The van der Waals surface area contributed by atoms with E-state index < -0.39 is 23.3 Å². The first-order valence-corrected chi connectivity index (χ1v) is 7.02. The monoisotopic (exact) mass is 292 g/mol. The molecule has 0 spiro atoms. The average molecular weight is 292 g/mol. The standard InChI is InChI=1S/C16H21FN2O2/c1-9-6-7-11(17)12(8-9)19-10(2)14(20)18-13(15(19)21)16(3,4)5/h6-8,10,13H,1-5H3,(H,18,20). The maximum absolute atomic E-state index is 14.1. The Morgan fingerprint density at radius 3 is 2.43 bits per heavy atom. The highest BCUT2D eigenvalue weighted by Crippen LogP contribution is 2.30. The lowest BCUT2D eigenvalue weighted by atomic mass is 9.84. The van der Waals surface area contributed by atoms with Crippen LogP contribution in [0.2, 0.25) is 0 Å². The molecule has 1 N–H and O–H groups in total. The smallest absolute Gasteiger partial charge is 0.250 e. The normalized spacial score (nSPS) is 23.2. The van der Waals surface area contributed by atoms with Gasteiger partial charge in [-0.25, -0.2) is 4.39 Å². The Hall–Kier alpha value is -1.91. The van der Waals surface area contributed by atoms with Gasteiger partial charge in [0.1, 0.15) is 17.9 Å². The summed E-state index contributed by atoms with van der Waals surface area (Å²) in [6.45, 7) is 9.04. The first kappa shape index (κ1) is 15.5. The van der Waals surface area contributed by atoms with Crippen LogP contribution in [0.3, 0.4) is 0 Å². The SMILES string of the molecule is Cc1ccc(F)c(N2C(=O)C(C(C)(C)C)NC(=O)C2C)c1. The third-order valence-corrected chi connectivity index (χ3v) is 3.76. The van der Waals surface area contributed by atoms with E-state index in [0.29, 0.717) is 0 Å². The third kappa shape index (κ3) is 2.77. The van der Waals surface area contributed by atoms with Crippen molar-refractivity contribution in [2.24, 2.45) is 5.41 Å². The molecular weight excluding hydrogens is 271 g/mol. The predicted molar refractivity (Wildman–Crippen MR) is 79.5 cm³/mol. The van der Waals surface area contributed by atoms with Gasteiger partial charge in [0.05, 0.1) is 5.69 Å². The molecule has 1 aliphatic rings. The molecule has 5 heteroatoms. The minimum absolute atomic E-state index is 0.164. The predicted octanol–water partition coefficient (Wildman–Crippen LogP) is 2.40. The number of piperazine rings is 1. The molecule has 1 aromatic rings. The van der Waals surface area contributed by atoms with Gasteiger partial charge in [-0.1, -0.05) is 26.8 Å². The molecule has 2 rings (SSSR count). The molecule has 2 amide bonds. The van der Waals surface area contributed by atoms with Crippen LogP contribution in [0.4, 0.5) is 10.1 Å². The van der Waals surface area contributed by atoms with Crippen LogP contribution in [-0.2, 0) is 9.59 Å². The van der Waals surface area contributed by atoms with E-state index in [-0.39, 0.29) is 17.5 Å². The highest BCUT2D eigenvalue weighted by Gasteiger charge is 2.44. The number of benzene rings is 1. The van der Waals surface area contributed by atoms with Gasteiger partial charge in [-0.3, -0.25) is 14.5 Å². The van der Waals surface area contributed by atoms with Gasteiger partial charge in [-0.2, -0.15) is 0 Å². The molecule has 0 aromatic heterocycles. The van der Waals surface area contributed by atoms with Gasteiger partial charge >= 0.3 is 0 Å². The summed E-state index contributed by atoms with van der Waals surface area (Å²) in [4.78, 5) is 26.2. The van der Waals surface area contributed by atoms with Gasteiger partial charge in [0.15, 0.2) is 0 Å². The number of aryl methyl sites for hydroxylation is 1. The largest absolute Gasteiger partial charge is 0.342 e.